The van der Waals surface area contributed by atoms with E-state index in [-0.39, 0.29) is 11.6 Å². The summed E-state index contributed by atoms with van der Waals surface area (Å²) in [6.07, 6.45) is 4.04. The number of hydrogen-bond donors (Lipinski definition) is 2. The number of halogens is 1. The quantitative estimate of drug-likeness (QED) is 0.787. The molecule has 1 unspecified atom stereocenters. The largest absolute Gasteiger partial charge is 0.349 e. The molecule has 1 heterocycles. The van der Waals surface area contributed by atoms with E-state index >= 15 is 0 Å². The zero-order valence-corrected chi connectivity index (χ0v) is 9.24. The van der Waals surface area contributed by atoms with Gasteiger partial charge in [0.1, 0.15) is 0 Å². The third-order valence-corrected chi connectivity index (χ3v) is 2.24. The molecule has 0 saturated carbocycles. The van der Waals surface area contributed by atoms with Gasteiger partial charge in [0.15, 0.2) is 5.82 Å². The SMILES string of the molecule is CC(CCCN)NC(=O)c1ccncc1F. The summed E-state index contributed by atoms with van der Waals surface area (Å²) >= 11 is 0. The Morgan fingerprint density at radius 2 is 2.44 bits per heavy atom. The fraction of sp³-hybridized carbons (Fsp3) is 0.455. The molecule has 88 valence electrons. The number of amides is 1. The first-order valence-electron chi connectivity index (χ1n) is 5.25. The lowest BCUT2D eigenvalue weighted by atomic mass is 10.1. The van der Waals surface area contributed by atoms with E-state index in [0.29, 0.717) is 6.54 Å². The van der Waals surface area contributed by atoms with Crippen molar-refractivity contribution in [3.05, 3.63) is 29.8 Å². The number of rotatable bonds is 5. The van der Waals surface area contributed by atoms with Crippen LogP contribution in [0, 0.1) is 5.82 Å². The van der Waals surface area contributed by atoms with Gasteiger partial charge in [-0.3, -0.25) is 9.78 Å². The molecular formula is C11H16FN3O. The summed E-state index contributed by atoms with van der Waals surface area (Å²) in [7, 11) is 0. The molecule has 0 aliphatic carbocycles. The minimum atomic E-state index is -0.606. The smallest absolute Gasteiger partial charge is 0.254 e. The molecule has 1 amide bonds. The molecule has 1 aromatic rings. The summed E-state index contributed by atoms with van der Waals surface area (Å²) in [6.45, 7) is 2.45. The van der Waals surface area contributed by atoms with E-state index in [2.05, 4.69) is 10.3 Å². The molecule has 0 aliphatic rings. The number of carbonyl (C=O) groups excluding carboxylic acids is 1. The second-order valence-corrected chi connectivity index (χ2v) is 3.66. The van der Waals surface area contributed by atoms with Crippen LogP contribution in [0.3, 0.4) is 0 Å². The predicted molar refractivity (Wildman–Crippen MR) is 59.4 cm³/mol. The molecule has 0 aromatic carbocycles. The predicted octanol–water partition coefficient (Wildman–Crippen LogP) is 1.08. The van der Waals surface area contributed by atoms with E-state index in [1.165, 1.54) is 12.3 Å². The number of aromatic nitrogens is 1. The van der Waals surface area contributed by atoms with Crippen LogP contribution in [0.15, 0.2) is 18.5 Å². The summed E-state index contributed by atoms with van der Waals surface area (Å²) in [5.74, 6) is -1.02. The summed E-state index contributed by atoms with van der Waals surface area (Å²) in [4.78, 5) is 15.2. The fourth-order valence-corrected chi connectivity index (χ4v) is 1.36. The van der Waals surface area contributed by atoms with E-state index in [9.17, 15) is 9.18 Å². The first-order valence-corrected chi connectivity index (χ1v) is 5.25. The molecule has 0 fully saturated rings. The summed E-state index contributed by atoms with van der Waals surface area (Å²) in [5, 5.41) is 2.71. The van der Waals surface area contributed by atoms with Crippen LogP contribution in [0.4, 0.5) is 4.39 Å². The van der Waals surface area contributed by atoms with Crippen molar-refractivity contribution in [2.75, 3.05) is 6.54 Å². The van der Waals surface area contributed by atoms with Crippen LogP contribution < -0.4 is 11.1 Å². The lowest BCUT2D eigenvalue weighted by Crippen LogP contribution is -2.33. The highest BCUT2D eigenvalue weighted by atomic mass is 19.1. The number of hydrogen-bond acceptors (Lipinski definition) is 3. The van der Waals surface area contributed by atoms with Crippen LogP contribution in [0.5, 0.6) is 0 Å². The Kier molecular flexibility index (Phi) is 4.85. The van der Waals surface area contributed by atoms with Gasteiger partial charge in [0.05, 0.1) is 11.8 Å². The van der Waals surface area contributed by atoms with Crippen molar-refractivity contribution >= 4 is 5.91 Å². The Morgan fingerprint density at radius 1 is 1.69 bits per heavy atom. The second kappa shape index (κ2) is 6.17. The Balaban J connectivity index is 2.56. The zero-order valence-electron chi connectivity index (χ0n) is 9.24. The zero-order chi connectivity index (χ0) is 12.0. The maximum Gasteiger partial charge on any atom is 0.254 e. The van der Waals surface area contributed by atoms with Crippen molar-refractivity contribution in [1.82, 2.24) is 10.3 Å². The number of nitrogens with two attached hydrogens (primary N) is 1. The molecular weight excluding hydrogens is 209 g/mol. The minimum Gasteiger partial charge on any atom is -0.349 e. The van der Waals surface area contributed by atoms with Gasteiger partial charge in [-0.05, 0) is 32.4 Å². The van der Waals surface area contributed by atoms with E-state index in [1.54, 1.807) is 0 Å². The molecule has 0 saturated heterocycles. The van der Waals surface area contributed by atoms with E-state index in [1.807, 2.05) is 6.92 Å². The van der Waals surface area contributed by atoms with Gasteiger partial charge in [-0.15, -0.1) is 0 Å². The Morgan fingerprint density at radius 3 is 3.06 bits per heavy atom. The Hall–Kier alpha value is -1.49. The van der Waals surface area contributed by atoms with Crippen LogP contribution in [0.25, 0.3) is 0 Å². The third-order valence-electron chi connectivity index (χ3n) is 2.24. The van der Waals surface area contributed by atoms with Gasteiger partial charge in [-0.1, -0.05) is 0 Å². The molecule has 1 rings (SSSR count). The van der Waals surface area contributed by atoms with Gasteiger partial charge in [0.25, 0.3) is 5.91 Å². The minimum absolute atomic E-state index is 0.0105. The summed E-state index contributed by atoms with van der Waals surface area (Å²) in [5.41, 5.74) is 5.38. The molecule has 3 N–H and O–H groups in total. The second-order valence-electron chi connectivity index (χ2n) is 3.66. The molecule has 0 radical (unpaired) electrons. The highest BCUT2D eigenvalue weighted by Gasteiger charge is 2.13. The molecule has 4 nitrogen and oxygen atoms in total. The average Bonchev–Trinajstić information content (AvgIpc) is 2.26. The van der Waals surface area contributed by atoms with Crippen LogP contribution in [0.2, 0.25) is 0 Å². The van der Waals surface area contributed by atoms with Gasteiger partial charge >= 0.3 is 0 Å². The van der Waals surface area contributed by atoms with E-state index < -0.39 is 11.7 Å². The highest BCUT2D eigenvalue weighted by molar-refractivity contribution is 5.94. The molecule has 16 heavy (non-hydrogen) atoms. The Labute approximate surface area is 94.1 Å². The number of nitrogens with zero attached hydrogens (tertiary/aromatic N) is 1. The standard InChI is InChI=1S/C11H16FN3O/c1-8(3-2-5-13)15-11(16)9-4-6-14-7-10(9)12/h4,6-8H,2-3,5,13H2,1H3,(H,15,16). The Bertz CT molecular complexity index is 357. The third kappa shape index (κ3) is 3.58. The van der Waals surface area contributed by atoms with Crippen molar-refractivity contribution in [3.63, 3.8) is 0 Å². The van der Waals surface area contributed by atoms with Gasteiger partial charge in [0, 0.05) is 12.2 Å². The maximum atomic E-state index is 13.2. The molecule has 0 bridgehead atoms. The average molecular weight is 225 g/mol. The number of carbonyl (C=O) groups is 1. The molecule has 0 spiro atoms. The van der Waals surface area contributed by atoms with Crippen LogP contribution in [-0.2, 0) is 0 Å². The lowest BCUT2D eigenvalue weighted by molar-refractivity contribution is 0.0934. The fourth-order valence-electron chi connectivity index (χ4n) is 1.36. The first kappa shape index (κ1) is 12.6. The van der Waals surface area contributed by atoms with Gasteiger partial charge in [0.2, 0.25) is 0 Å². The first-order chi connectivity index (χ1) is 7.65. The normalized spacial score (nSPS) is 12.2. The lowest BCUT2D eigenvalue weighted by Gasteiger charge is -2.13. The van der Waals surface area contributed by atoms with Crippen molar-refractivity contribution in [3.8, 4) is 0 Å². The monoisotopic (exact) mass is 225 g/mol. The maximum absolute atomic E-state index is 13.2. The highest BCUT2D eigenvalue weighted by Crippen LogP contribution is 2.05. The van der Waals surface area contributed by atoms with Gasteiger partial charge in [-0.2, -0.15) is 0 Å². The van der Waals surface area contributed by atoms with Gasteiger partial charge in [-0.25, -0.2) is 4.39 Å². The van der Waals surface area contributed by atoms with Crippen LogP contribution in [0.1, 0.15) is 30.1 Å². The van der Waals surface area contributed by atoms with Crippen molar-refractivity contribution < 1.29 is 9.18 Å². The molecule has 1 atom stereocenters. The van der Waals surface area contributed by atoms with Gasteiger partial charge < -0.3 is 11.1 Å². The number of pyridine rings is 1. The molecule has 5 heteroatoms. The topological polar surface area (TPSA) is 68.0 Å². The van der Waals surface area contributed by atoms with Crippen LogP contribution >= 0.6 is 0 Å². The van der Waals surface area contributed by atoms with E-state index in [0.717, 1.165) is 19.0 Å². The molecule has 0 aliphatic heterocycles. The van der Waals surface area contributed by atoms with Crippen molar-refractivity contribution in [2.45, 2.75) is 25.8 Å². The molecule has 1 aromatic heterocycles. The van der Waals surface area contributed by atoms with Crippen molar-refractivity contribution in [1.29, 1.82) is 0 Å². The number of nitrogens with one attached hydrogen (secondary N) is 1. The van der Waals surface area contributed by atoms with E-state index in [4.69, 9.17) is 5.73 Å². The summed E-state index contributed by atoms with van der Waals surface area (Å²) in [6, 6.07) is 1.35. The van der Waals surface area contributed by atoms with Crippen LogP contribution in [-0.4, -0.2) is 23.5 Å². The summed E-state index contributed by atoms with van der Waals surface area (Å²) < 4.78 is 13.2. The van der Waals surface area contributed by atoms with Crippen molar-refractivity contribution in [2.24, 2.45) is 5.73 Å².